The van der Waals surface area contributed by atoms with Gasteiger partial charge in [-0.1, -0.05) is 78.9 Å². The predicted molar refractivity (Wildman–Crippen MR) is 197 cm³/mol. The molecule has 0 aliphatic rings. The van der Waals surface area contributed by atoms with Crippen molar-refractivity contribution in [3.63, 3.8) is 0 Å². The summed E-state index contributed by atoms with van der Waals surface area (Å²) in [4.78, 5) is 18.4. The molecule has 0 spiro atoms. The lowest BCUT2D eigenvalue weighted by molar-refractivity contribution is 1.22. The van der Waals surface area contributed by atoms with Crippen LogP contribution in [-0.2, 0) is 0 Å². The number of nitrogens with zero attached hydrogens (tertiary/aromatic N) is 4. The second-order valence-corrected chi connectivity index (χ2v) is 11.9. The van der Waals surface area contributed by atoms with Crippen LogP contribution in [0.3, 0.4) is 0 Å². The number of rotatable bonds is 5. The lowest BCUT2D eigenvalue weighted by atomic mass is 9.90. The fraction of sp³-hybridized carbons (Fsp3) is 0. The summed E-state index contributed by atoms with van der Waals surface area (Å²) in [5.74, 6) is 0. The molecule has 9 aromatic rings. The Hall–Kier alpha value is -6.52. The van der Waals surface area contributed by atoms with Gasteiger partial charge in [-0.05, 0) is 132 Å². The van der Waals surface area contributed by atoms with E-state index in [1.54, 1.807) is 12.4 Å². The molecule has 0 aliphatic heterocycles. The molecule has 224 valence electrons. The van der Waals surface area contributed by atoms with Crippen molar-refractivity contribution in [2.75, 3.05) is 0 Å². The Balaban J connectivity index is 1.18. The van der Waals surface area contributed by atoms with Gasteiger partial charge in [0.15, 0.2) is 0 Å². The minimum absolute atomic E-state index is 0.815. The third-order valence-electron chi connectivity index (χ3n) is 9.06. The molecule has 0 saturated heterocycles. The summed E-state index contributed by atoms with van der Waals surface area (Å²) in [6.07, 6.45) is 7.30. The van der Waals surface area contributed by atoms with Gasteiger partial charge in [-0.3, -0.25) is 15.0 Å². The molecule has 0 saturated carbocycles. The van der Waals surface area contributed by atoms with E-state index in [1.807, 2.05) is 48.8 Å². The van der Waals surface area contributed by atoms with E-state index in [1.165, 1.54) is 49.0 Å². The van der Waals surface area contributed by atoms with E-state index in [4.69, 9.17) is 4.98 Å². The third kappa shape index (κ3) is 4.97. The topological polar surface area (TPSA) is 51.6 Å². The Bertz CT molecular complexity index is 2520. The molecule has 9 rings (SSSR count). The summed E-state index contributed by atoms with van der Waals surface area (Å²) < 4.78 is 0. The van der Waals surface area contributed by atoms with Crippen LogP contribution in [0, 0.1) is 0 Å². The number of aromatic nitrogens is 4. The Morgan fingerprint density at radius 1 is 0.271 bits per heavy atom. The summed E-state index contributed by atoms with van der Waals surface area (Å²) in [7, 11) is 0. The van der Waals surface area contributed by atoms with Gasteiger partial charge in [0.05, 0.1) is 22.8 Å². The van der Waals surface area contributed by atoms with Gasteiger partial charge in [0.2, 0.25) is 0 Å². The molecule has 0 radical (unpaired) electrons. The first-order valence-electron chi connectivity index (χ1n) is 16.0. The minimum Gasteiger partial charge on any atom is -0.265 e. The van der Waals surface area contributed by atoms with E-state index in [2.05, 4.69) is 124 Å². The molecule has 0 unspecified atom stereocenters. The molecule has 0 N–H and O–H groups in total. The van der Waals surface area contributed by atoms with Gasteiger partial charge >= 0.3 is 0 Å². The molecule has 0 atom stereocenters. The fourth-order valence-corrected chi connectivity index (χ4v) is 6.73. The van der Waals surface area contributed by atoms with E-state index < -0.39 is 0 Å². The van der Waals surface area contributed by atoms with Gasteiger partial charge in [0.1, 0.15) is 0 Å². The van der Waals surface area contributed by atoms with Gasteiger partial charge in [-0.25, -0.2) is 4.98 Å². The second kappa shape index (κ2) is 11.7. The zero-order chi connectivity index (χ0) is 31.9. The molecule has 0 fully saturated rings. The van der Waals surface area contributed by atoms with Gasteiger partial charge in [-0.15, -0.1) is 0 Å². The molecule has 48 heavy (non-hydrogen) atoms. The van der Waals surface area contributed by atoms with Crippen molar-refractivity contribution < 1.29 is 0 Å². The maximum absolute atomic E-state index is 4.96. The normalized spacial score (nSPS) is 11.3. The zero-order valence-corrected chi connectivity index (χ0v) is 26.0. The van der Waals surface area contributed by atoms with Gasteiger partial charge in [0, 0.05) is 24.8 Å². The third-order valence-corrected chi connectivity index (χ3v) is 9.06. The lowest BCUT2D eigenvalue weighted by Gasteiger charge is -2.14. The summed E-state index contributed by atoms with van der Waals surface area (Å²) in [5, 5.41) is 7.51. The van der Waals surface area contributed by atoms with E-state index in [0.717, 1.165) is 39.5 Å². The van der Waals surface area contributed by atoms with Crippen molar-refractivity contribution in [1.82, 2.24) is 19.9 Å². The maximum Gasteiger partial charge on any atom is 0.0900 e. The molecule has 0 amide bonds. The lowest BCUT2D eigenvalue weighted by Crippen LogP contribution is -1.94. The number of benzene rings is 5. The molecular formula is C44H28N4. The highest BCUT2D eigenvalue weighted by Gasteiger charge is 2.14. The fourth-order valence-electron chi connectivity index (χ4n) is 6.73. The van der Waals surface area contributed by atoms with Crippen LogP contribution in [0.4, 0.5) is 0 Å². The first-order valence-corrected chi connectivity index (χ1v) is 16.0. The first kappa shape index (κ1) is 27.8. The molecule has 0 bridgehead atoms. The summed E-state index contributed by atoms with van der Waals surface area (Å²) >= 11 is 0. The quantitative estimate of drug-likeness (QED) is 0.181. The SMILES string of the molecule is c1ccc(-c2cc(-c3cccc(-c4ccc5c6ccc(-c7ccncc7)cc6c6ccccc6c5c4)c3)cc(-c3ccccn3)n2)nc1. The summed E-state index contributed by atoms with van der Waals surface area (Å²) in [6.45, 7) is 0. The predicted octanol–water partition coefficient (Wildman–Crippen LogP) is 11.1. The number of pyridine rings is 4. The number of hydrogen-bond donors (Lipinski definition) is 0. The smallest absolute Gasteiger partial charge is 0.0900 e. The minimum atomic E-state index is 0.815. The largest absolute Gasteiger partial charge is 0.265 e. The van der Waals surface area contributed by atoms with Crippen LogP contribution >= 0.6 is 0 Å². The molecule has 5 aromatic carbocycles. The van der Waals surface area contributed by atoms with Crippen molar-refractivity contribution in [1.29, 1.82) is 0 Å². The second-order valence-electron chi connectivity index (χ2n) is 11.9. The van der Waals surface area contributed by atoms with E-state index in [9.17, 15) is 0 Å². The van der Waals surface area contributed by atoms with Crippen molar-refractivity contribution in [3.05, 3.63) is 170 Å². The molecule has 4 aromatic heterocycles. The van der Waals surface area contributed by atoms with Crippen LogP contribution in [0.5, 0.6) is 0 Å². The van der Waals surface area contributed by atoms with Crippen molar-refractivity contribution in [2.45, 2.75) is 0 Å². The average Bonchev–Trinajstić information content (AvgIpc) is 3.18. The van der Waals surface area contributed by atoms with E-state index in [0.29, 0.717) is 0 Å². The Morgan fingerprint density at radius 2 is 0.771 bits per heavy atom. The number of fused-ring (bicyclic) bond motifs is 6. The molecule has 4 heteroatoms. The van der Waals surface area contributed by atoms with Crippen molar-refractivity contribution in [3.8, 4) is 56.2 Å². The molecular weight excluding hydrogens is 585 g/mol. The molecule has 4 heterocycles. The van der Waals surface area contributed by atoms with Crippen LogP contribution in [0.1, 0.15) is 0 Å². The average molecular weight is 613 g/mol. The van der Waals surface area contributed by atoms with Gasteiger partial charge in [0.25, 0.3) is 0 Å². The van der Waals surface area contributed by atoms with Gasteiger partial charge in [-0.2, -0.15) is 0 Å². The molecule has 4 nitrogen and oxygen atoms in total. The van der Waals surface area contributed by atoms with Gasteiger partial charge < -0.3 is 0 Å². The van der Waals surface area contributed by atoms with Crippen molar-refractivity contribution in [2.24, 2.45) is 0 Å². The molecule has 0 aliphatic carbocycles. The van der Waals surface area contributed by atoms with E-state index in [-0.39, 0.29) is 0 Å². The van der Waals surface area contributed by atoms with Crippen LogP contribution in [0.25, 0.3) is 88.5 Å². The van der Waals surface area contributed by atoms with Crippen LogP contribution in [-0.4, -0.2) is 19.9 Å². The summed E-state index contributed by atoms with van der Waals surface area (Å²) in [6, 6.07) is 51.4. The highest BCUT2D eigenvalue weighted by molar-refractivity contribution is 6.26. The van der Waals surface area contributed by atoms with Crippen LogP contribution < -0.4 is 0 Å². The zero-order valence-electron chi connectivity index (χ0n) is 26.0. The van der Waals surface area contributed by atoms with E-state index >= 15 is 0 Å². The Labute approximate surface area is 278 Å². The van der Waals surface area contributed by atoms with Crippen molar-refractivity contribution >= 4 is 32.3 Å². The maximum atomic E-state index is 4.96. The van der Waals surface area contributed by atoms with Crippen LogP contribution in [0.15, 0.2) is 170 Å². The standard InChI is InChI=1S/C44H28N4/c1-2-11-36-35(10-1)39-25-32(29-18-22-45-23-19-29)14-16-37(39)38-17-15-33(26-40(36)38)30-8-7-9-31(24-30)34-27-43(41-12-3-5-20-46-41)48-44(28-34)42-13-4-6-21-47-42/h1-28H. The number of hydrogen-bond acceptors (Lipinski definition) is 4. The highest BCUT2D eigenvalue weighted by atomic mass is 14.8. The Morgan fingerprint density at radius 3 is 1.33 bits per heavy atom. The Kier molecular flexibility index (Phi) is 6.76. The highest BCUT2D eigenvalue weighted by Crippen LogP contribution is 2.39. The monoisotopic (exact) mass is 612 g/mol. The summed E-state index contributed by atoms with van der Waals surface area (Å²) in [5.41, 5.74) is 10.1. The van der Waals surface area contributed by atoms with Crippen LogP contribution in [0.2, 0.25) is 0 Å². The first-order chi connectivity index (χ1) is 23.8.